The van der Waals surface area contributed by atoms with Crippen molar-refractivity contribution in [3.8, 4) is 5.75 Å². The zero-order valence-electron chi connectivity index (χ0n) is 23.9. The van der Waals surface area contributed by atoms with Gasteiger partial charge in [0.05, 0.1) is 6.61 Å². The van der Waals surface area contributed by atoms with E-state index < -0.39 is 11.6 Å². The van der Waals surface area contributed by atoms with E-state index in [1.165, 1.54) is 17.7 Å². The van der Waals surface area contributed by atoms with E-state index in [9.17, 15) is 8.78 Å². The number of halogens is 2. The summed E-state index contributed by atoms with van der Waals surface area (Å²) in [5.41, 5.74) is 6.55. The molecule has 0 amide bonds. The van der Waals surface area contributed by atoms with Gasteiger partial charge in [0.2, 0.25) is 0 Å². The lowest BCUT2D eigenvalue weighted by atomic mass is 10.0. The minimum Gasteiger partial charge on any atom is -0.494 e. The molecule has 1 unspecified atom stereocenters. The smallest absolute Gasteiger partial charge is 0.180 e. The first-order chi connectivity index (χ1) is 19.7. The van der Waals surface area contributed by atoms with Crippen LogP contribution in [-0.2, 0) is 19.4 Å². The lowest BCUT2D eigenvalue weighted by molar-refractivity contribution is 0.335. The van der Waals surface area contributed by atoms with Crippen LogP contribution in [0.2, 0.25) is 0 Å². The molecule has 212 valence electrons. The summed E-state index contributed by atoms with van der Waals surface area (Å²) in [7, 11) is 0. The fourth-order valence-electron chi connectivity index (χ4n) is 5.17. The highest BCUT2D eigenvalue weighted by atomic mass is 19.1. The van der Waals surface area contributed by atoms with E-state index >= 15 is 0 Å². The van der Waals surface area contributed by atoms with Gasteiger partial charge in [0.15, 0.2) is 5.82 Å². The number of para-hydroxylation sites is 1. The Morgan fingerprint density at radius 2 is 1.83 bits per heavy atom. The molecule has 0 spiro atoms. The maximum atomic E-state index is 14.7. The van der Waals surface area contributed by atoms with Gasteiger partial charge < -0.3 is 15.4 Å². The van der Waals surface area contributed by atoms with Crippen LogP contribution < -0.4 is 15.4 Å². The number of hydrogen-bond donors (Lipinski definition) is 3. The van der Waals surface area contributed by atoms with Crippen LogP contribution in [0.1, 0.15) is 62.3 Å². The molecule has 3 aromatic rings. The molecule has 2 aromatic carbocycles. The van der Waals surface area contributed by atoms with Gasteiger partial charge in [-0.1, -0.05) is 42.8 Å². The SMILES string of the molecule is CCOc1cc(F)c(CNc2ccccc2C(=N)c2nc3c(c(NC4=CC=C(C)C(C)C=C4C)n2)CCC3)c(F)c1. The van der Waals surface area contributed by atoms with Gasteiger partial charge in [-0.2, -0.15) is 0 Å². The second kappa shape index (κ2) is 12.0. The first-order valence-electron chi connectivity index (χ1n) is 14.0. The quantitative estimate of drug-likeness (QED) is 0.238. The molecular formula is C33H35F2N5O. The van der Waals surface area contributed by atoms with E-state index in [-0.39, 0.29) is 23.6 Å². The highest BCUT2D eigenvalue weighted by molar-refractivity contribution is 6.12. The molecule has 0 fully saturated rings. The number of fused-ring (bicyclic) bond motifs is 1. The van der Waals surface area contributed by atoms with Crippen molar-refractivity contribution in [3.05, 3.63) is 111 Å². The van der Waals surface area contributed by atoms with Gasteiger partial charge in [-0.3, -0.25) is 5.41 Å². The Morgan fingerprint density at radius 1 is 1.07 bits per heavy atom. The Labute approximate surface area is 239 Å². The number of nitrogens with zero attached hydrogens (tertiary/aromatic N) is 2. The predicted octanol–water partition coefficient (Wildman–Crippen LogP) is 7.51. The second-order valence-electron chi connectivity index (χ2n) is 10.5. The molecule has 8 heteroatoms. The van der Waals surface area contributed by atoms with E-state index in [0.717, 1.165) is 47.6 Å². The molecule has 2 aliphatic rings. The van der Waals surface area contributed by atoms with Crippen LogP contribution in [0.3, 0.4) is 0 Å². The van der Waals surface area contributed by atoms with E-state index in [1.54, 1.807) is 19.1 Å². The number of ether oxygens (including phenoxy) is 1. The molecule has 6 nitrogen and oxygen atoms in total. The Hall–Kier alpha value is -4.33. The summed E-state index contributed by atoms with van der Waals surface area (Å²) < 4.78 is 34.6. The minimum atomic E-state index is -0.692. The van der Waals surface area contributed by atoms with E-state index in [0.29, 0.717) is 29.6 Å². The van der Waals surface area contributed by atoms with Gasteiger partial charge >= 0.3 is 0 Å². The average molecular weight is 556 g/mol. The molecule has 1 aromatic heterocycles. The first kappa shape index (κ1) is 28.2. The summed E-state index contributed by atoms with van der Waals surface area (Å²) in [5, 5.41) is 15.7. The summed E-state index contributed by atoms with van der Waals surface area (Å²) in [6.07, 6.45) is 9.13. The Kier molecular flexibility index (Phi) is 8.28. The highest BCUT2D eigenvalue weighted by Gasteiger charge is 2.23. The van der Waals surface area contributed by atoms with Crippen LogP contribution in [0.15, 0.2) is 71.5 Å². The average Bonchev–Trinajstić information content (AvgIpc) is 3.39. The third-order valence-corrected chi connectivity index (χ3v) is 7.64. The van der Waals surface area contributed by atoms with Crippen molar-refractivity contribution in [3.63, 3.8) is 0 Å². The molecule has 0 aliphatic heterocycles. The monoisotopic (exact) mass is 555 g/mol. The van der Waals surface area contributed by atoms with Crippen LogP contribution in [0.25, 0.3) is 0 Å². The molecule has 0 bridgehead atoms. The van der Waals surface area contributed by atoms with Gasteiger partial charge in [0.1, 0.15) is 28.9 Å². The molecule has 0 saturated heterocycles. The maximum absolute atomic E-state index is 14.7. The first-order valence-corrected chi connectivity index (χ1v) is 14.0. The summed E-state index contributed by atoms with van der Waals surface area (Å²) in [5.74, 6) is 0.134. The summed E-state index contributed by atoms with van der Waals surface area (Å²) >= 11 is 0. The van der Waals surface area contributed by atoms with Crippen LogP contribution in [0.4, 0.5) is 20.3 Å². The number of anilines is 2. The summed E-state index contributed by atoms with van der Waals surface area (Å²) in [6.45, 7) is 8.36. The minimum absolute atomic E-state index is 0.0999. The molecule has 0 radical (unpaired) electrons. The van der Waals surface area contributed by atoms with Crippen molar-refractivity contribution in [1.29, 1.82) is 5.41 Å². The van der Waals surface area contributed by atoms with Crippen molar-refractivity contribution in [2.75, 3.05) is 17.2 Å². The van der Waals surface area contributed by atoms with Gasteiger partial charge in [0.25, 0.3) is 0 Å². The van der Waals surface area contributed by atoms with Crippen molar-refractivity contribution >= 4 is 17.2 Å². The standard InChI is InChI=1S/C33H35F2N5O/c1-5-41-22-16-26(34)25(27(35)17-22)18-37-29-11-7-6-9-23(29)31(36)33-39-30-12-8-10-24(30)32(40-33)38-28-14-13-19(2)20(3)15-21(28)4/h6-7,9,11,13-17,20,36-37H,5,8,10,12,18H2,1-4H3,(H,38,39,40). The molecular weight excluding hydrogens is 520 g/mol. The molecule has 1 heterocycles. The van der Waals surface area contributed by atoms with Crippen molar-refractivity contribution in [2.24, 2.45) is 5.92 Å². The number of allylic oxidation sites excluding steroid dienone is 5. The number of nitrogens with one attached hydrogen (secondary N) is 3. The zero-order valence-corrected chi connectivity index (χ0v) is 23.9. The topological polar surface area (TPSA) is 82.9 Å². The molecule has 0 saturated carbocycles. The molecule has 5 rings (SSSR count). The molecule has 2 aliphatic carbocycles. The lowest BCUT2D eigenvalue weighted by Crippen LogP contribution is -2.15. The Bertz CT molecular complexity index is 1570. The predicted molar refractivity (Wildman–Crippen MR) is 160 cm³/mol. The van der Waals surface area contributed by atoms with Gasteiger partial charge in [-0.25, -0.2) is 18.7 Å². The number of rotatable bonds is 9. The Balaban J connectivity index is 1.43. The van der Waals surface area contributed by atoms with Crippen molar-refractivity contribution in [2.45, 2.75) is 53.5 Å². The van der Waals surface area contributed by atoms with Crippen LogP contribution in [-0.4, -0.2) is 22.3 Å². The van der Waals surface area contributed by atoms with Gasteiger partial charge in [-0.05, 0) is 63.7 Å². The van der Waals surface area contributed by atoms with Gasteiger partial charge in [-0.15, -0.1) is 0 Å². The molecule has 3 N–H and O–H groups in total. The van der Waals surface area contributed by atoms with E-state index in [1.807, 2.05) is 12.1 Å². The number of benzene rings is 2. The highest BCUT2D eigenvalue weighted by Crippen LogP contribution is 2.31. The third kappa shape index (κ3) is 6.06. The largest absolute Gasteiger partial charge is 0.494 e. The Morgan fingerprint density at radius 3 is 2.59 bits per heavy atom. The number of aromatic nitrogens is 2. The second-order valence-corrected chi connectivity index (χ2v) is 10.5. The number of aryl methyl sites for hydroxylation is 1. The summed E-state index contributed by atoms with van der Waals surface area (Å²) in [4.78, 5) is 9.61. The summed E-state index contributed by atoms with van der Waals surface area (Å²) in [6, 6.07) is 9.56. The maximum Gasteiger partial charge on any atom is 0.180 e. The van der Waals surface area contributed by atoms with E-state index in [2.05, 4.69) is 49.6 Å². The fourth-order valence-corrected chi connectivity index (χ4v) is 5.17. The normalized spacial score (nSPS) is 16.2. The molecule has 1 atom stereocenters. The van der Waals surface area contributed by atoms with E-state index in [4.69, 9.17) is 20.1 Å². The van der Waals surface area contributed by atoms with Crippen molar-refractivity contribution in [1.82, 2.24) is 9.97 Å². The number of hydrogen-bond acceptors (Lipinski definition) is 6. The van der Waals surface area contributed by atoms with Gasteiger partial charge in [0, 0.05) is 52.4 Å². The van der Waals surface area contributed by atoms with Crippen LogP contribution in [0.5, 0.6) is 5.75 Å². The lowest BCUT2D eigenvalue weighted by Gasteiger charge is -2.17. The fraction of sp³-hybridized carbons (Fsp3) is 0.303. The third-order valence-electron chi connectivity index (χ3n) is 7.64. The molecule has 41 heavy (non-hydrogen) atoms. The zero-order chi connectivity index (χ0) is 29.1. The van der Waals surface area contributed by atoms with Crippen LogP contribution >= 0.6 is 0 Å². The van der Waals surface area contributed by atoms with Crippen LogP contribution in [0, 0.1) is 23.0 Å². The van der Waals surface area contributed by atoms with Crippen molar-refractivity contribution < 1.29 is 13.5 Å².